The van der Waals surface area contributed by atoms with Gasteiger partial charge in [-0.25, -0.2) is 0 Å². The monoisotopic (exact) mass is 185 g/mol. The van der Waals surface area contributed by atoms with Crippen LogP contribution in [0.1, 0.15) is 19.4 Å². The van der Waals surface area contributed by atoms with Crippen molar-refractivity contribution in [3.63, 3.8) is 0 Å². The van der Waals surface area contributed by atoms with Gasteiger partial charge in [-0.15, -0.1) is 0 Å². The molecule has 0 spiro atoms. The molecular weight excluding hydrogens is 174 g/mol. The molecule has 0 aliphatic carbocycles. The fourth-order valence-corrected chi connectivity index (χ4v) is 1.20. The van der Waals surface area contributed by atoms with Crippen LogP contribution in [0.15, 0.2) is 18.2 Å². The van der Waals surface area contributed by atoms with Gasteiger partial charge >= 0.3 is 0 Å². The molecule has 12 heavy (non-hydrogen) atoms. The molecule has 0 bridgehead atoms. The quantitative estimate of drug-likeness (QED) is 0.705. The highest BCUT2D eigenvalue weighted by atomic mass is 35.5. The molecule has 0 amide bonds. The highest BCUT2D eigenvalue weighted by Crippen LogP contribution is 2.29. The second-order valence-electron chi connectivity index (χ2n) is 3.38. The average molecular weight is 186 g/mol. The van der Waals surface area contributed by atoms with Gasteiger partial charge in [0.2, 0.25) is 0 Å². The molecule has 3 heteroatoms. The third-order valence-corrected chi connectivity index (χ3v) is 1.89. The number of rotatable bonds is 1. The Labute approximate surface area is 77.0 Å². The number of phenols is 1. The number of hydrogen-bond donors (Lipinski definition) is 2. The molecule has 0 aliphatic rings. The van der Waals surface area contributed by atoms with Gasteiger partial charge in [0.1, 0.15) is 5.75 Å². The summed E-state index contributed by atoms with van der Waals surface area (Å²) in [6.07, 6.45) is 0. The number of hydrogen-bond acceptors (Lipinski definition) is 2. The molecule has 1 aromatic rings. The molecule has 2 nitrogen and oxygen atoms in total. The van der Waals surface area contributed by atoms with E-state index in [-0.39, 0.29) is 5.75 Å². The van der Waals surface area contributed by atoms with Crippen LogP contribution < -0.4 is 5.73 Å². The summed E-state index contributed by atoms with van der Waals surface area (Å²) in [4.78, 5) is 0. The van der Waals surface area contributed by atoms with E-state index in [0.717, 1.165) is 0 Å². The number of aromatic hydroxyl groups is 1. The molecule has 3 N–H and O–H groups in total. The van der Waals surface area contributed by atoms with Gasteiger partial charge in [0.25, 0.3) is 0 Å². The number of halogens is 1. The Morgan fingerprint density at radius 1 is 1.42 bits per heavy atom. The van der Waals surface area contributed by atoms with Crippen molar-refractivity contribution in [1.29, 1.82) is 0 Å². The second-order valence-corrected chi connectivity index (χ2v) is 3.82. The van der Waals surface area contributed by atoms with Crippen molar-refractivity contribution < 1.29 is 5.11 Å². The van der Waals surface area contributed by atoms with Crippen LogP contribution in [0.25, 0.3) is 0 Å². The lowest BCUT2D eigenvalue weighted by Crippen LogP contribution is -2.28. The molecule has 0 heterocycles. The summed E-state index contributed by atoms with van der Waals surface area (Å²) in [6, 6.07) is 4.86. The summed E-state index contributed by atoms with van der Waals surface area (Å²) in [6.45, 7) is 3.64. The predicted octanol–water partition coefficient (Wildman–Crippen LogP) is 2.24. The standard InChI is InChI=1S/C9H12ClNO/c1-9(2,11)7-5-6(10)3-4-8(7)12/h3-5,12H,11H2,1-2H3. The van der Waals surface area contributed by atoms with Crippen LogP contribution in [0.2, 0.25) is 5.02 Å². The van der Waals surface area contributed by atoms with Crippen molar-refractivity contribution in [3.05, 3.63) is 28.8 Å². The van der Waals surface area contributed by atoms with E-state index in [1.165, 1.54) is 0 Å². The van der Waals surface area contributed by atoms with E-state index in [4.69, 9.17) is 17.3 Å². The zero-order chi connectivity index (χ0) is 9.35. The van der Waals surface area contributed by atoms with Crippen LogP contribution in [0, 0.1) is 0 Å². The van der Waals surface area contributed by atoms with Crippen molar-refractivity contribution in [3.8, 4) is 5.75 Å². The smallest absolute Gasteiger partial charge is 0.120 e. The Bertz CT molecular complexity index is 291. The number of benzene rings is 1. The Morgan fingerprint density at radius 3 is 2.42 bits per heavy atom. The van der Waals surface area contributed by atoms with Crippen LogP contribution in [-0.2, 0) is 5.54 Å². The summed E-state index contributed by atoms with van der Waals surface area (Å²) >= 11 is 5.76. The van der Waals surface area contributed by atoms with Gasteiger partial charge in [-0.2, -0.15) is 0 Å². The maximum atomic E-state index is 9.43. The van der Waals surface area contributed by atoms with Crippen LogP contribution in [0.4, 0.5) is 0 Å². The second kappa shape index (κ2) is 2.96. The minimum atomic E-state index is -0.561. The Hall–Kier alpha value is -0.730. The normalized spacial score (nSPS) is 11.7. The molecule has 66 valence electrons. The van der Waals surface area contributed by atoms with E-state index >= 15 is 0 Å². The van der Waals surface area contributed by atoms with E-state index in [1.54, 1.807) is 18.2 Å². The molecule has 0 radical (unpaired) electrons. The van der Waals surface area contributed by atoms with Gasteiger partial charge in [-0.05, 0) is 32.0 Å². The largest absolute Gasteiger partial charge is 0.508 e. The van der Waals surface area contributed by atoms with Gasteiger partial charge in [0.05, 0.1) is 0 Å². The zero-order valence-corrected chi connectivity index (χ0v) is 7.89. The highest BCUT2D eigenvalue weighted by Gasteiger charge is 2.18. The van der Waals surface area contributed by atoms with Crippen molar-refractivity contribution in [2.75, 3.05) is 0 Å². The number of phenolic OH excluding ortho intramolecular Hbond substituents is 1. The SMILES string of the molecule is CC(C)(N)c1cc(Cl)ccc1O. The predicted molar refractivity (Wildman–Crippen MR) is 50.3 cm³/mol. The average Bonchev–Trinajstić information content (AvgIpc) is 1.92. The number of nitrogens with two attached hydrogens (primary N) is 1. The summed E-state index contributed by atoms with van der Waals surface area (Å²) in [5.41, 5.74) is 5.91. The van der Waals surface area contributed by atoms with Crippen LogP contribution in [0.5, 0.6) is 5.75 Å². The molecule has 1 aromatic carbocycles. The first-order valence-electron chi connectivity index (χ1n) is 3.69. The zero-order valence-electron chi connectivity index (χ0n) is 7.13. The van der Waals surface area contributed by atoms with Gasteiger partial charge in [0.15, 0.2) is 0 Å². The lowest BCUT2D eigenvalue weighted by atomic mass is 9.95. The molecule has 0 atom stereocenters. The van der Waals surface area contributed by atoms with E-state index in [0.29, 0.717) is 10.6 Å². The van der Waals surface area contributed by atoms with E-state index in [9.17, 15) is 5.11 Å². The first-order chi connectivity index (χ1) is 5.41. The highest BCUT2D eigenvalue weighted by molar-refractivity contribution is 6.30. The van der Waals surface area contributed by atoms with Gasteiger partial charge in [0, 0.05) is 16.1 Å². The van der Waals surface area contributed by atoms with Crippen molar-refractivity contribution in [2.45, 2.75) is 19.4 Å². The lowest BCUT2D eigenvalue weighted by molar-refractivity contribution is 0.440. The van der Waals surface area contributed by atoms with Gasteiger partial charge in [-0.3, -0.25) is 0 Å². The summed E-state index contributed by atoms with van der Waals surface area (Å²) in [5.74, 6) is 0.187. The molecule has 0 fully saturated rings. The molecule has 1 rings (SSSR count). The van der Waals surface area contributed by atoms with E-state index < -0.39 is 5.54 Å². The third kappa shape index (κ3) is 1.90. The molecule has 0 unspecified atom stereocenters. The van der Waals surface area contributed by atoms with Crippen LogP contribution >= 0.6 is 11.6 Å². The van der Waals surface area contributed by atoms with Crippen LogP contribution in [0.3, 0.4) is 0 Å². The molecule has 0 aliphatic heterocycles. The summed E-state index contributed by atoms with van der Waals surface area (Å²) in [5, 5.41) is 10.0. The Balaban J connectivity index is 3.23. The fourth-order valence-electron chi connectivity index (χ4n) is 1.02. The lowest BCUT2D eigenvalue weighted by Gasteiger charge is -2.20. The molecule has 0 saturated heterocycles. The van der Waals surface area contributed by atoms with Crippen molar-refractivity contribution >= 4 is 11.6 Å². The maximum absolute atomic E-state index is 9.43. The topological polar surface area (TPSA) is 46.2 Å². The minimum Gasteiger partial charge on any atom is -0.508 e. The first kappa shape index (κ1) is 9.36. The van der Waals surface area contributed by atoms with E-state index in [1.807, 2.05) is 13.8 Å². The third-order valence-electron chi connectivity index (χ3n) is 1.65. The van der Waals surface area contributed by atoms with Gasteiger partial charge < -0.3 is 10.8 Å². The van der Waals surface area contributed by atoms with E-state index in [2.05, 4.69) is 0 Å². The van der Waals surface area contributed by atoms with Crippen LogP contribution in [-0.4, -0.2) is 5.11 Å². The first-order valence-corrected chi connectivity index (χ1v) is 4.07. The maximum Gasteiger partial charge on any atom is 0.120 e. The Morgan fingerprint density at radius 2 is 2.00 bits per heavy atom. The van der Waals surface area contributed by atoms with Crippen molar-refractivity contribution in [2.24, 2.45) is 5.73 Å². The van der Waals surface area contributed by atoms with Gasteiger partial charge in [-0.1, -0.05) is 11.6 Å². The molecule has 0 aromatic heterocycles. The molecule has 0 saturated carbocycles. The van der Waals surface area contributed by atoms with Crippen molar-refractivity contribution in [1.82, 2.24) is 0 Å². The Kier molecular flexibility index (Phi) is 2.31. The minimum absolute atomic E-state index is 0.187. The fraction of sp³-hybridized carbons (Fsp3) is 0.333. The summed E-state index contributed by atoms with van der Waals surface area (Å²) in [7, 11) is 0. The summed E-state index contributed by atoms with van der Waals surface area (Å²) < 4.78 is 0. The molecular formula is C9H12ClNO.